The van der Waals surface area contributed by atoms with Gasteiger partial charge in [0.1, 0.15) is 5.82 Å². The van der Waals surface area contributed by atoms with Crippen molar-refractivity contribution in [3.05, 3.63) is 50.1 Å². The number of carbonyl (C=O) groups excluding carboxylic acids is 1. The van der Waals surface area contributed by atoms with Crippen molar-refractivity contribution in [1.82, 2.24) is 4.98 Å². The summed E-state index contributed by atoms with van der Waals surface area (Å²) in [4.78, 5) is 16.7. The molecule has 1 aromatic carbocycles. The van der Waals surface area contributed by atoms with Crippen molar-refractivity contribution in [2.24, 2.45) is 0 Å². The molecular formula is C12H9BrFNOS. The molecule has 2 rings (SSSR count). The highest BCUT2D eigenvalue weighted by atomic mass is 79.9. The van der Waals surface area contributed by atoms with E-state index in [1.54, 1.807) is 11.6 Å². The molecule has 1 heterocycles. The molecule has 0 amide bonds. The number of hydrogen-bond acceptors (Lipinski definition) is 3. The van der Waals surface area contributed by atoms with Crippen LogP contribution in [0.2, 0.25) is 0 Å². The maximum atomic E-state index is 12.9. The molecule has 0 aliphatic rings. The second-order valence-corrected chi connectivity index (χ2v) is 5.31. The fourth-order valence-corrected chi connectivity index (χ4v) is 2.72. The van der Waals surface area contributed by atoms with Gasteiger partial charge >= 0.3 is 0 Å². The molecule has 0 aliphatic heterocycles. The number of aryl methyl sites for hydroxylation is 1. The summed E-state index contributed by atoms with van der Waals surface area (Å²) in [5.74, 6) is -0.306. The molecule has 0 atom stereocenters. The average Bonchev–Trinajstić information content (AvgIpc) is 2.68. The van der Waals surface area contributed by atoms with Crippen LogP contribution in [0.15, 0.2) is 28.2 Å². The van der Waals surface area contributed by atoms with Crippen molar-refractivity contribution in [3.8, 4) is 0 Å². The molecule has 0 radical (unpaired) electrons. The summed E-state index contributed by atoms with van der Waals surface area (Å²) < 4.78 is 13.5. The largest absolute Gasteiger partial charge is 0.293 e. The highest BCUT2D eigenvalue weighted by Gasteiger charge is 2.14. The number of hydrogen-bond donors (Lipinski definition) is 0. The molecular weight excluding hydrogens is 305 g/mol. The van der Waals surface area contributed by atoms with E-state index >= 15 is 0 Å². The minimum Gasteiger partial charge on any atom is -0.293 e. The third-order valence-electron chi connectivity index (χ3n) is 2.36. The van der Waals surface area contributed by atoms with Gasteiger partial charge in [-0.05, 0) is 24.6 Å². The van der Waals surface area contributed by atoms with Crippen molar-refractivity contribution in [2.45, 2.75) is 13.3 Å². The van der Waals surface area contributed by atoms with Gasteiger partial charge in [0.05, 0.1) is 16.1 Å². The second-order valence-electron chi connectivity index (χ2n) is 3.60. The molecule has 0 spiro atoms. The Labute approximate surface area is 111 Å². The van der Waals surface area contributed by atoms with E-state index in [9.17, 15) is 9.18 Å². The van der Waals surface area contributed by atoms with Gasteiger partial charge in [-0.25, -0.2) is 9.37 Å². The van der Waals surface area contributed by atoms with Crippen LogP contribution in [-0.2, 0) is 6.42 Å². The number of nitrogens with zero attached hydrogens (tertiary/aromatic N) is 1. The number of benzene rings is 1. The van der Waals surface area contributed by atoms with Crippen LogP contribution in [-0.4, -0.2) is 10.8 Å². The third-order valence-corrected chi connectivity index (χ3v) is 4.07. The quantitative estimate of drug-likeness (QED) is 0.807. The molecule has 1 aromatic heterocycles. The zero-order valence-corrected chi connectivity index (χ0v) is 11.4. The second kappa shape index (κ2) is 5.06. The normalized spacial score (nSPS) is 10.5. The predicted octanol–water partition coefficient (Wildman–Crippen LogP) is 3.78. The number of halogens is 2. The Kier molecular flexibility index (Phi) is 3.69. The minimum atomic E-state index is -0.318. The minimum absolute atomic E-state index is 0.0114. The molecule has 0 saturated heterocycles. The van der Waals surface area contributed by atoms with Gasteiger partial charge in [-0.15, -0.1) is 11.3 Å². The first-order valence-corrected chi connectivity index (χ1v) is 6.62. The van der Waals surface area contributed by atoms with Crippen LogP contribution in [0, 0.1) is 12.7 Å². The van der Waals surface area contributed by atoms with Crippen LogP contribution in [0.1, 0.15) is 20.9 Å². The van der Waals surface area contributed by atoms with E-state index in [1.807, 2.05) is 6.92 Å². The topological polar surface area (TPSA) is 30.0 Å². The molecule has 5 heteroatoms. The Hall–Kier alpha value is -1.07. The van der Waals surface area contributed by atoms with E-state index in [4.69, 9.17) is 0 Å². The lowest BCUT2D eigenvalue weighted by Crippen LogP contribution is -2.04. The first kappa shape index (κ1) is 12.4. The van der Waals surface area contributed by atoms with Gasteiger partial charge in [0.2, 0.25) is 0 Å². The van der Waals surface area contributed by atoms with Gasteiger partial charge < -0.3 is 0 Å². The van der Waals surface area contributed by atoms with Crippen molar-refractivity contribution < 1.29 is 9.18 Å². The zero-order chi connectivity index (χ0) is 12.4. The molecule has 2 aromatic rings. The highest BCUT2D eigenvalue weighted by Crippen LogP contribution is 2.21. The fraction of sp³-hybridized carbons (Fsp3) is 0.167. The van der Waals surface area contributed by atoms with Crippen molar-refractivity contribution >= 4 is 33.0 Å². The van der Waals surface area contributed by atoms with Gasteiger partial charge in [-0.2, -0.15) is 0 Å². The van der Waals surface area contributed by atoms with E-state index < -0.39 is 0 Å². The first-order valence-electron chi connectivity index (χ1n) is 4.95. The Morgan fingerprint density at radius 1 is 1.53 bits per heavy atom. The van der Waals surface area contributed by atoms with Crippen molar-refractivity contribution in [2.75, 3.05) is 0 Å². The molecule has 0 N–H and O–H groups in total. The van der Waals surface area contributed by atoms with Crippen LogP contribution >= 0.6 is 27.3 Å². The summed E-state index contributed by atoms with van der Waals surface area (Å²) >= 11 is 4.59. The Balaban J connectivity index is 2.22. The number of Topliss-reactive ketones (excluding diaryl/α,β-unsaturated/α-hetero) is 1. The van der Waals surface area contributed by atoms with Gasteiger partial charge in [-0.3, -0.25) is 4.79 Å². The molecule has 0 fully saturated rings. The zero-order valence-electron chi connectivity index (χ0n) is 9.04. The third kappa shape index (κ3) is 2.79. The molecule has 0 aliphatic carbocycles. The molecule has 0 saturated carbocycles. The monoisotopic (exact) mass is 313 g/mol. The van der Waals surface area contributed by atoms with E-state index in [1.165, 1.54) is 23.5 Å². The lowest BCUT2D eigenvalue weighted by atomic mass is 10.1. The Morgan fingerprint density at radius 2 is 2.29 bits per heavy atom. The number of ketones is 1. The molecule has 17 heavy (non-hydrogen) atoms. The van der Waals surface area contributed by atoms with Crippen molar-refractivity contribution in [1.29, 1.82) is 0 Å². The van der Waals surface area contributed by atoms with Gasteiger partial charge in [0.25, 0.3) is 0 Å². The fourth-order valence-electron chi connectivity index (χ4n) is 1.49. The smallest absolute Gasteiger partial charge is 0.179 e. The summed E-state index contributed by atoms with van der Waals surface area (Å²) in [6.45, 7) is 1.81. The summed E-state index contributed by atoms with van der Waals surface area (Å²) in [6.07, 6.45) is 0.254. The van der Waals surface area contributed by atoms with Gasteiger partial charge in [0, 0.05) is 10.9 Å². The van der Waals surface area contributed by atoms with Crippen LogP contribution in [0.25, 0.3) is 0 Å². The first-order chi connectivity index (χ1) is 8.08. The number of carbonyl (C=O) groups is 1. The maximum absolute atomic E-state index is 12.9. The van der Waals surface area contributed by atoms with E-state index in [0.717, 1.165) is 11.3 Å². The number of thiazole rings is 1. The van der Waals surface area contributed by atoms with E-state index in [-0.39, 0.29) is 18.0 Å². The molecule has 0 unspecified atom stereocenters. The van der Waals surface area contributed by atoms with Crippen molar-refractivity contribution in [3.63, 3.8) is 0 Å². The SMILES string of the molecule is Cc1ncsc1C(=O)Cc1ccc(F)cc1Br. The summed E-state index contributed by atoms with van der Waals surface area (Å²) in [5.41, 5.74) is 3.19. The highest BCUT2D eigenvalue weighted by molar-refractivity contribution is 9.10. The van der Waals surface area contributed by atoms with Gasteiger partial charge in [0.15, 0.2) is 5.78 Å². The van der Waals surface area contributed by atoms with Crippen LogP contribution in [0.4, 0.5) is 4.39 Å². The lowest BCUT2D eigenvalue weighted by Gasteiger charge is -2.03. The molecule has 2 nitrogen and oxygen atoms in total. The number of aromatic nitrogens is 1. The van der Waals surface area contributed by atoms with Crippen LogP contribution < -0.4 is 0 Å². The van der Waals surface area contributed by atoms with E-state index in [0.29, 0.717) is 9.35 Å². The van der Waals surface area contributed by atoms with E-state index in [2.05, 4.69) is 20.9 Å². The predicted molar refractivity (Wildman–Crippen MR) is 69.0 cm³/mol. The molecule has 88 valence electrons. The lowest BCUT2D eigenvalue weighted by molar-refractivity contribution is 0.0996. The standard InChI is InChI=1S/C12H9BrFNOS/c1-7-12(17-6-15-7)11(16)4-8-2-3-9(14)5-10(8)13/h2-3,5-6H,4H2,1H3. The van der Waals surface area contributed by atoms with Crippen LogP contribution in [0.5, 0.6) is 0 Å². The average molecular weight is 314 g/mol. The van der Waals surface area contributed by atoms with Gasteiger partial charge in [-0.1, -0.05) is 22.0 Å². The maximum Gasteiger partial charge on any atom is 0.179 e. The summed E-state index contributed by atoms with van der Waals surface area (Å²) in [6, 6.07) is 4.34. The Bertz CT molecular complexity index is 567. The Morgan fingerprint density at radius 3 is 2.88 bits per heavy atom. The summed E-state index contributed by atoms with van der Waals surface area (Å²) in [7, 11) is 0. The number of rotatable bonds is 3. The van der Waals surface area contributed by atoms with Crippen LogP contribution in [0.3, 0.4) is 0 Å². The molecule has 0 bridgehead atoms. The summed E-state index contributed by atoms with van der Waals surface area (Å²) in [5, 5.41) is 0.